The van der Waals surface area contributed by atoms with Gasteiger partial charge in [-0.05, 0) is 13.8 Å². The van der Waals surface area contributed by atoms with E-state index in [1.165, 1.54) is 0 Å². The molecule has 1 unspecified atom stereocenters. The van der Waals surface area contributed by atoms with E-state index in [2.05, 4.69) is 25.7 Å². The van der Waals surface area contributed by atoms with Crippen molar-refractivity contribution in [3.05, 3.63) is 34.0 Å². The van der Waals surface area contributed by atoms with Crippen LogP contribution in [0.1, 0.15) is 30.1 Å². The van der Waals surface area contributed by atoms with Crippen molar-refractivity contribution in [3.8, 4) is 0 Å². The van der Waals surface area contributed by atoms with Gasteiger partial charge in [0.1, 0.15) is 5.60 Å². The summed E-state index contributed by atoms with van der Waals surface area (Å²) in [4.78, 5) is 7.95. The standard InChI is InChI=1S/C16H23F3N6OS.HI/c1-4-20-14(22-10-15(2,26)11-7-23-25(3)8-11)21-6-5-13-24-12(9-27-13)16(17,18)19;/h7-9,26H,4-6,10H2,1-3H3,(H2,20,21,22);1H. The van der Waals surface area contributed by atoms with Gasteiger partial charge in [-0.25, -0.2) is 9.98 Å². The van der Waals surface area contributed by atoms with Crippen molar-refractivity contribution in [2.75, 3.05) is 19.6 Å². The number of aliphatic imine (C=N–C) groups is 1. The smallest absolute Gasteiger partial charge is 0.383 e. The molecular formula is C16H24F3IN6OS. The number of hydrogen-bond acceptors (Lipinski definition) is 5. The van der Waals surface area contributed by atoms with Gasteiger partial charge in [0.05, 0.1) is 17.7 Å². The van der Waals surface area contributed by atoms with E-state index in [4.69, 9.17) is 0 Å². The molecule has 28 heavy (non-hydrogen) atoms. The first kappa shape index (κ1) is 24.6. The first-order valence-electron chi connectivity index (χ1n) is 8.37. The van der Waals surface area contributed by atoms with Gasteiger partial charge in [-0.2, -0.15) is 18.3 Å². The maximum absolute atomic E-state index is 12.6. The van der Waals surface area contributed by atoms with Crippen LogP contribution in [0.3, 0.4) is 0 Å². The van der Waals surface area contributed by atoms with Crippen LogP contribution in [-0.2, 0) is 25.2 Å². The Hall–Kier alpha value is -1.41. The predicted octanol–water partition coefficient (Wildman–Crippen LogP) is 2.52. The van der Waals surface area contributed by atoms with E-state index in [0.29, 0.717) is 36.0 Å². The number of hydrogen-bond donors (Lipinski definition) is 3. The first-order chi connectivity index (χ1) is 12.6. The van der Waals surface area contributed by atoms with Crippen LogP contribution in [0.15, 0.2) is 22.8 Å². The third-order valence-electron chi connectivity index (χ3n) is 3.69. The molecule has 0 saturated heterocycles. The van der Waals surface area contributed by atoms with Gasteiger partial charge in [-0.15, -0.1) is 35.3 Å². The van der Waals surface area contributed by atoms with Gasteiger partial charge < -0.3 is 15.7 Å². The molecule has 158 valence electrons. The molecule has 0 spiro atoms. The fraction of sp³-hybridized carbons (Fsp3) is 0.562. The zero-order chi connectivity index (χ0) is 20.1. The Labute approximate surface area is 182 Å². The molecule has 0 aliphatic rings. The van der Waals surface area contributed by atoms with Crippen molar-refractivity contribution in [3.63, 3.8) is 0 Å². The Morgan fingerprint density at radius 1 is 1.36 bits per heavy atom. The van der Waals surface area contributed by atoms with Gasteiger partial charge in [0.2, 0.25) is 0 Å². The van der Waals surface area contributed by atoms with Crippen LogP contribution in [-0.4, -0.2) is 45.5 Å². The molecule has 2 heterocycles. The molecular weight excluding hydrogens is 508 g/mol. The number of aliphatic hydroxyl groups is 1. The highest BCUT2D eigenvalue weighted by molar-refractivity contribution is 14.0. The Bertz CT molecular complexity index is 775. The predicted molar refractivity (Wildman–Crippen MR) is 113 cm³/mol. The van der Waals surface area contributed by atoms with Crippen molar-refractivity contribution < 1.29 is 18.3 Å². The molecule has 0 bridgehead atoms. The van der Waals surface area contributed by atoms with Crippen LogP contribution in [0.5, 0.6) is 0 Å². The average Bonchev–Trinajstić information content (AvgIpc) is 3.22. The Morgan fingerprint density at radius 3 is 2.61 bits per heavy atom. The average molecular weight is 532 g/mol. The summed E-state index contributed by atoms with van der Waals surface area (Å²) in [6.07, 6.45) is -0.784. The molecule has 0 aliphatic heterocycles. The number of alkyl halides is 3. The zero-order valence-corrected chi connectivity index (χ0v) is 18.9. The largest absolute Gasteiger partial charge is 0.434 e. The SMILES string of the molecule is CCNC(=NCC(C)(O)c1cnn(C)c1)NCCc1nc(C(F)(F)F)cs1.I. The fourth-order valence-corrected chi connectivity index (χ4v) is 3.01. The molecule has 1 atom stereocenters. The summed E-state index contributed by atoms with van der Waals surface area (Å²) in [5.41, 5.74) is -1.41. The summed E-state index contributed by atoms with van der Waals surface area (Å²) in [6.45, 7) is 4.61. The Balaban J connectivity index is 0.00000392. The van der Waals surface area contributed by atoms with E-state index in [-0.39, 0.29) is 30.5 Å². The summed E-state index contributed by atoms with van der Waals surface area (Å²) >= 11 is 0.978. The molecule has 0 aliphatic carbocycles. The van der Waals surface area contributed by atoms with E-state index in [9.17, 15) is 18.3 Å². The van der Waals surface area contributed by atoms with Gasteiger partial charge >= 0.3 is 6.18 Å². The molecule has 2 aromatic heterocycles. The maximum Gasteiger partial charge on any atom is 0.434 e. The minimum absolute atomic E-state index is 0. The molecule has 0 saturated carbocycles. The number of thiazole rings is 1. The first-order valence-corrected chi connectivity index (χ1v) is 9.25. The normalized spacial score (nSPS) is 14.3. The molecule has 0 fully saturated rings. The van der Waals surface area contributed by atoms with E-state index in [1.807, 2.05) is 6.92 Å². The van der Waals surface area contributed by atoms with E-state index in [1.54, 1.807) is 31.0 Å². The van der Waals surface area contributed by atoms with Gasteiger partial charge in [0, 0.05) is 43.7 Å². The van der Waals surface area contributed by atoms with Crippen LogP contribution < -0.4 is 10.6 Å². The molecule has 0 radical (unpaired) electrons. The minimum Gasteiger partial charge on any atom is -0.383 e. The number of guanidine groups is 1. The molecule has 2 rings (SSSR count). The quantitative estimate of drug-likeness (QED) is 0.290. The summed E-state index contributed by atoms with van der Waals surface area (Å²) in [6, 6.07) is 0. The Morgan fingerprint density at radius 2 is 2.07 bits per heavy atom. The lowest BCUT2D eigenvalue weighted by molar-refractivity contribution is -0.140. The number of nitrogens with zero attached hydrogens (tertiary/aromatic N) is 4. The van der Waals surface area contributed by atoms with Crippen LogP contribution >= 0.6 is 35.3 Å². The second kappa shape index (κ2) is 10.4. The molecule has 7 nitrogen and oxygen atoms in total. The second-order valence-corrected chi connectivity index (χ2v) is 7.12. The summed E-state index contributed by atoms with van der Waals surface area (Å²) in [7, 11) is 1.76. The highest BCUT2D eigenvalue weighted by Crippen LogP contribution is 2.30. The van der Waals surface area contributed by atoms with Crippen molar-refractivity contribution >= 4 is 41.3 Å². The number of nitrogens with one attached hydrogen (secondary N) is 2. The van der Waals surface area contributed by atoms with E-state index >= 15 is 0 Å². The highest BCUT2D eigenvalue weighted by atomic mass is 127. The monoisotopic (exact) mass is 532 g/mol. The fourth-order valence-electron chi connectivity index (χ4n) is 2.21. The lowest BCUT2D eigenvalue weighted by Gasteiger charge is -2.20. The summed E-state index contributed by atoms with van der Waals surface area (Å²) in [5, 5.41) is 22.1. The van der Waals surface area contributed by atoms with Crippen molar-refractivity contribution in [2.24, 2.45) is 12.0 Å². The molecule has 0 aromatic carbocycles. The lowest BCUT2D eigenvalue weighted by Crippen LogP contribution is -2.39. The number of halogens is 4. The number of aryl methyl sites for hydroxylation is 1. The Kier molecular flexibility index (Phi) is 9.14. The van der Waals surface area contributed by atoms with Crippen LogP contribution in [0.2, 0.25) is 0 Å². The molecule has 12 heteroatoms. The third kappa shape index (κ3) is 7.20. The number of aromatic nitrogens is 3. The van der Waals surface area contributed by atoms with Crippen molar-refractivity contribution in [1.82, 2.24) is 25.4 Å². The maximum atomic E-state index is 12.6. The lowest BCUT2D eigenvalue weighted by atomic mass is 10.0. The second-order valence-electron chi connectivity index (χ2n) is 6.17. The molecule has 3 N–H and O–H groups in total. The van der Waals surface area contributed by atoms with Crippen LogP contribution in [0, 0.1) is 0 Å². The molecule has 0 amide bonds. The van der Waals surface area contributed by atoms with Gasteiger partial charge in [-0.3, -0.25) is 4.68 Å². The highest BCUT2D eigenvalue weighted by Gasteiger charge is 2.33. The number of rotatable bonds is 7. The van der Waals surface area contributed by atoms with Crippen LogP contribution in [0.4, 0.5) is 13.2 Å². The third-order valence-corrected chi connectivity index (χ3v) is 4.60. The van der Waals surface area contributed by atoms with E-state index in [0.717, 1.165) is 16.7 Å². The van der Waals surface area contributed by atoms with Gasteiger partial charge in [0.15, 0.2) is 11.7 Å². The van der Waals surface area contributed by atoms with Crippen LogP contribution in [0.25, 0.3) is 0 Å². The van der Waals surface area contributed by atoms with Gasteiger partial charge in [0.25, 0.3) is 0 Å². The molecule has 2 aromatic rings. The summed E-state index contributed by atoms with van der Waals surface area (Å²) in [5.74, 6) is 0.467. The van der Waals surface area contributed by atoms with Crippen molar-refractivity contribution in [1.29, 1.82) is 0 Å². The van der Waals surface area contributed by atoms with E-state index < -0.39 is 17.5 Å². The topological polar surface area (TPSA) is 87.4 Å². The summed E-state index contributed by atoms with van der Waals surface area (Å²) < 4.78 is 39.3. The zero-order valence-electron chi connectivity index (χ0n) is 15.7. The minimum atomic E-state index is -4.42. The van der Waals surface area contributed by atoms with Crippen molar-refractivity contribution in [2.45, 2.75) is 32.0 Å². The van der Waals surface area contributed by atoms with Gasteiger partial charge in [-0.1, -0.05) is 0 Å².